The van der Waals surface area contributed by atoms with Gasteiger partial charge in [-0.15, -0.1) is 6.58 Å². The van der Waals surface area contributed by atoms with Crippen molar-refractivity contribution in [3.05, 3.63) is 39.8 Å². The van der Waals surface area contributed by atoms with E-state index in [-0.39, 0.29) is 5.69 Å². The topological polar surface area (TPSA) is 52.2 Å². The predicted molar refractivity (Wildman–Crippen MR) is 69.1 cm³/mol. The van der Waals surface area contributed by atoms with Crippen LogP contribution in [-0.2, 0) is 13.0 Å². The molecule has 0 aliphatic heterocycles. The van der Waals surface area contributed by atoms with E-state index in [1.54, 1.807) is 16.7 Å². The molecule has 5 nitrogen and oxygen atoms in total. The van der Waals surface area contributed by atoms with Crippen molar-refractivity contribution in [3.8, 4) is 0 Å². The summed E-state index contributed by atoms with van der Waals surface area (Å²) in [6, 6.07) is 0. The molecule has 0 saturated heterocycles. The van der Waals surface area contributed by atoms with Crippen molar-refractivity contribution in [2.45, 2.75) is 26.3 Å². The first-order valence-electron chi connectivity index (χ1n) is 5.43. The maximum Gasteiger partial charge on any atom is 0.350 e. The van der Waals surface area contributed by atoms with E-state index in [2.05, 4.69) is 39.5 Å². The predicted octanol–water partition coefficient (Wildman–Crippen LogP) is 1.79. The van der Waals surface area contributed by atoms with Gasteiger partial charge in [0.05, 0.1) is 12.7 Å². The van der Waals surface area contributed by atoms with Crippen LogP contribution >= 0.6 is 15.9 Å². The van der Waals surface area contributed by atoms with Gasteiger partial charge >= 0.3 is 5.69 Å². The Kier molecular flexibility index (Phi) is 3.42. The zero-order chi connectivity index (χ0) is 12.4. The number of imidazole rings is 1. The molecule has 0 unspecified atom stereocenters. The average Bonchev–Trinajstić information content (AvgIpc) is 2.61. The van der Waals surface area contributed by atoms with Crippen molar-refractivity contribution >= 4 is 21.4 Å². The summed E-state index contributed by atoms with van der Waals surface area (Å²) in [4.78, 5) is 16.5. The maximum atomic E-state index is 12.2. The number of aryl methyl sites for hydroxylation is 1. The lowest BCUT2D eigenvalue weighted by Gasteiger charge is -2.03. The minimum Gasteiger partial charge on any atom is -0.246 e. The number of hydrogen-bond donors (Lipinski definition) is 0. The fraction of sp³-hybridized carbons (Fsp3) is 0.364. The number of halogens is 1. The molecule has 0 atom stereocenters. The van der Waals surface area contributed by atoms with Crippen LogP contribution in [0.2, 0.25) is 0 Å². The Hall–Kier alpha value is -1.43. The summed E-state index contributed by atoms with van der Waals surface area (Å²) in [5, 5.41) is 4.07. The average molecular weight is 297 g/mol. The monoisotopic (exact) mass is 296 g/mol. The molecule has 90 valence electrons. The number of hydrogen-bond acceptors (Lipinski definition) is 3. The molecule has 2 heterocycles. The Morgan fingerprint density at radius 3 is 3.00 bits per heavy atom. The summed E-state index contributed by atoms with van der Waals surface area (Å²) in [6.45, 7) is 6.06. The normalized spacial score (nSPS) is 10.9. The summed E-state index contributed by atoms with van der Waals surface area (Å²) in [5.74, 6) is 0.764. The van der Waals surface area contributed by atoms with Crippen LogP contribution in [0, 0.1) is 0 Å². The van der Waals surface area contributed by atoms with Gasteiger partial charge in [-0.05, 0) is 22.4 Å². The standard InChI is InChI=1S/C11H13BrN4O/c1-3-5-9-14-10(12)8-7-13-15(6-4-2)11(17)16(8)9/h4,7H,2-3,5-6H2,1H3. The minimum absolute atomic E-state index is 0.177. The first kappa shape index (κ1) is 12.0. The summed E-state index contributed by atoms with van der Waals surface area (Å²) in [5.41, 5.74) is 0.530. The van der Waals surface area contributed by atoms with Crippen molar-refractivity contribution in [2.75, 3.05) is 0 Å². The highest BCUT2D eigenvalue weighted by atomic mass is 79.9. The van der Waals surface area contributed by atoms with E-state index in [1.807, 2.05) is 0 Å². The van der Waals surface area contributed by atoms with Gasteiger partial charge in [-0.25, -0.2) is 18.9 Å². The van der Waals surface area contributed by atoms with Gasteiger partial charge in [-0.1, -0.05) is 13.0 Å². The van der Waals surface area contributed by atoms with Crippen LogP contribution in [0.4, 0.5) is 0 Å². The number of nitrogens with zero attached hydrogens (tertiary/aromatic N) is 4. The lowest BCUT2D eigenvalue weighted by Crippen LogP contribution is -2.29. The van der Waals surface area contributed by atoms with E-state index in [4.69, 9.17) is 0 Å². The summed E-state index contributed by atoms with van der Waals surface area (Å²) >= 11 is 3.35. The van der Waals surface area contributed by atoms with Crippen molar-refractivity contribution in [3.63, 3.8) is 0 Å². The molecule has 0 amide bonds. The third kappa shape index (κ3) is 2.04. The van der Waals surface area contributed by atoms with Gasteiger partial charge in [0, 0.05) is 6.42 Å². The zero-order valence-corrected chi connectivity index (χ0v) is 11.1. The van der Waals surface area contributed by atoms with E-state index in [0.29, 0.717) is 16.7 Å². The summed E-state index contributed by atoms with van der Waals surface area (Å²) in [6.07, 6.45) is 4.99. The third-order valence-corrected chi connectivity index (χ3v) is 3.03. The lowest BCUT2D eigenvalue weighted by molar-refractivity contribution is 0.609. The number of allylic oxidation sites excluding steroid dienone is 1. The Morgan fingerprint density at radius 1 is 1.59 bits per heavy atom. The molecule has 6 heteroatoms. The molecule has 0 spiro atoms. The molecular weight excluding hydrogens is 284 g/mol. The summed E-state index contributed by atoms with van der Waals surface area (Å²) in [7, 11) is 0. The van der Waals surface area contributed by atoms with E-state index in [0.717, 1.165) is 18.7 Å². The van der Waals surface area contributed by atoms with Crippen molar-refractivity contribution in [1.29, 1.82) is 0 Å². The number of rotatable bonds is 4. The quantitative estimate of drug-likeness (QED) is 0.809. The first-order chi connectivity index (χ1) is 8.19. The largest absolute Gasteiger partial charge is 0.350 e. The number of aromatic nitrogens is 4. The van der Waals surface area contributed by atoms with Crippen LogP contribution < -0.4 is 5.69 Å². The molecule has 0 bridgehead atoms. The fourth-order valence-electron chi connectivity index (χ4n) is 1.70. The van der Waals surface area contributed by atoms with Gasteiger partial charge in [0.2, 0.25) is 0 Å². The van der Waals surface area contributed by atoms with Crippen molar-refractivity contribution < 1.29 is 0 Å². The van der Waals surface area contributed by atoms with E-state index < -0.39 is 0 Å². The highest BCUT2D eigenvalue weighted by Crippen LogP contribution is 2.16. The highest BCUT2D eigenvalue weighted by Gasteiger charge is 2.12. The van der Waals surface area contributed by atoms with E-state index >= 15 is 0 Å². The van der Waals surface area contributed by atoms with Crippen LogP contribution in [0.1, 0.15) is 19.2 Å². The molecule has 0 saturated carbocycles. The third-order valence-electron chi connectivity index (χ3n) is 2.44. The van der Waals surface area contributed by atoms with Crippen LogP contribution in [0.3, 0.4) is 0 Å². The van der Waals surface area contributed by atoms with Crippen LogP contribution in [0.15, 0.2) is 28.2 Å². The molecule has 0 aliphatic carbocycles. The smallest absolute Gasteiger partial charge is 0.246 e. The zero-order valence-electron chi connectivity index (χ0n) is 9.56. The second kappa shape index (κ2) is 4.83. The van der Waals surface area contributed by atoms with E-state index in [9.17, 15) is 4.79 Å². The van der Waals surface area contributed by atoms with Crippen molar-refractivity contribution in [1.82, 2.24) is 19.2 Å². The molecule has 0 fully saturated rings. The van der Waals surface area contributed by atoms with Crippen LogP contribution in [0.5, 0.6) is 0 Å². The van der Waals surface area contributed by atoms with Gasteiger partial charge in [0.1, 0.15) is 15.9 Å². The molecule has 2 aromatic heterocycles. The number of fused-ring (bicyclic) bond motifs is 1. The highest BCUT2D eigenvalue weighted by molar-refractivity contribution is 9.10. The molecule has 0 N–H and O–H groups in total. The van der Waals surface area contributed by atoms with Gasteiger partial charge in [0.15, 0.2) is 0 Å². The molecular formula is C11H13BrN4O. The maximum absolute atomic E-state index is 12.2. The second-order valence-electron chi connectivity index (χ2n) is 3.69. The van der Waals surface area contributed by atoms with Crippen LogP contribution in [-0.4, -0.2) is 19.2 Å². The van der Waals surface area contributed by atoms with Gasteiger partial charge in [-0.2, -0.15) is 5.10 Å². The van der Waals surface area contributed by atoms with Gasteiger partial charge < -0.3 is 0 Å². The Morgan fingerprint density at radius 2 is 2.35 bits per heavy atom. The first-order valence-corrected chi connectivity index (χ1v) is 6.22. The van der Waals surface area contributed by atoms with Crippen molar-refractivity contribution in [2.24, 2.45) is 0 Å². The molecule has 17 heavy (non-hydrogen) atoms. The van der Waals surface area contributed by atoms with Crippen LogP contribution in [0.25, 0.3) is 5.52 Å². The minimum atomic E-state index is -0.177. The molecule has 0 radical (unpaired) electrons. The lowest BCUT2D eigenvalue weighted by atomic mass is 10.3. The Bertz CT molecular complexity index is 614. The molecule has 2 rings (SSSR count). The SMILES string of the molecule is C=CCn1ncc2c(Br)nc(CCC)n2c1=O. The van der Waals surface area contributed by atoms with Gasteiger partial charge in [0.25, 0.3) is 0 Å². The molecule has 0 aromatic carbocycles. The second-order valence-corrected chi connectivity index (χ2v) is 4.44. The fourth-order valence-corrected chi connectivity index (χ4v) is 2.19. The van der Waals surface area contributed by atoms with E-state index in [1.165, 1.54) is 4.68 Å². The van der Waals surface area contributed by atoms with Gasteiger partial charge in [-0.3, -0.25) is 0 Å². The Balaban J connectivity index is 2.73. The molecule has 2 aromatic rings. The Labute approximate surface area is 107 Å². The summed E-state index contributed by atoms with van der Waals surface area (Å²) < 4.78 is 3.63. The molecule has 0 aliphatic rings.